The van der Waals surface area contributed by atoms with E-state index in [9.17, 15) is 14.0 Å². The van der Waals surface area contributed by atoms with E-state index in [2.05, 4.69) is 5.32 Å². The number of rotatable bonds is 7. The predicted molar refractivity (Wildman–Crippen MR) is 81.8 cm³/mol. The fourth-order valence-corrected chi connectivity index (χ4v) is 2.68. The fraction of sp³-hybridized carbons (Fsp3) is 0.429. The van der Waals surface area contributed by atoms with Crippen LogP contribution in [0.5, 0.6) is 0 Å². The van der Waals surface area contributed by atoms with Crippen LogP contribution >= 0.6 is 11.8 Å². The number of hydrogen-bond donors (Lipinski definition) is 3. The highest BCUT2D eigenvalue weighted by molar-refractivity contribution is 8.00. The van der Waals surface area contributed by atoms with Crippen LogP contribution in [0.1, 0.15) is 20.3 Å². The maximum absolute atomic E-state index is 13.0. The number of nitrogens with one attached hydrogen (secondary N) is 1. The van der Waals surface area contributed by atoms with Crippen molar-refractivity contribution in [3.8, 4) is 0 Å². The van der Waals surface area contributed by atoms with Gasteiger partial charge in [0.05, 0.1) is 0 Å². The number of carboxylic acid groups (broad SMARTS) is 1. The van der Waals surface area contributed by atoms with Gasteiger partial charge in [-0.25, -0.2) is 4.39 Å². The summed E-state index contributed by atoms with van der Waals surface area (Å²) in [6, 6.07) is 4.62. The summed E-state index contributed by atoms with van der Waals surface area (Å²) in [5.74, 6) is -1.32. The molecule has 1 amide bonds. The lowest BCUT2D eigenvalue weighted by molar-refractivity contribution is -0.139. The topological polar surface area (TPSA) is 92.4 Å². The van der Waals surface area contributed by atoms with E-state index in [4.69, 9.17) is 10.8 Å². The van der Waals surface area contributed by atoms with Gasteiger partial charge < -0.3 is 16.2 Å². The smallest absolute Gasteiger partial charge is 0.321 e. The Hall–Kier alpha value is -1.60. The zero-order chi connectivity index (χ0) is 16.0. The summed E-state index contributed by atoms with van der Waals surface area (Å²) < 4.78 is 12.3. The van der Waals surface area contributed by atoms with E-state index in [1.807, 2.05) is 0 Å². The molecular formula is C14H19FN2O3S. The molecule has 0 aliphatic carbocycles. The second-order valence-electron chi connectivity index (χ2n) is 5.08. The highest BCUT2D eigenvalue weighted by Crippen LogP contribution is 2.28. The maximum Gasteiger partial charge on any atom is 0.321 e. The number of halogens is 1. The van der Waals surface area contributed by atoms with Crippen molar-refractivity contribution in [2.45, 2.75) is 31.1 Å². The van der Waals surface area contributed by atoms with Gasteiger partial charge in [0, 0.05) is 22.6 Å². The molecule has 1 atom stereocenters. The van der Waals surface area contributed by atoms with E-state index in [0.717, 1.165) is 0 Å². The number of amides is 1. The zero-order valence-electron chi connectivity index (χ0n) is 11.9. The van der Waals surface area contributed by atoms with Crippen molar-refractivity contribution in [3.63, 3.8) is 0 Å². The summed E-state index contributed by atoms with van der Waals surface area (Å²) >= 11 is 1.32. The minimum absolute atomic E-state index is 0.191. The van der Waals surface area contributed by atoms with Crippen molar-refractivity contribution >= 4 is 29.3 Å². The number of carbonyl (C=O) groups excluding carboxylic acids is 1. The summed E-state index contributed by atoms with van der Waals surface area (Å²) in [7, 11) is 0. The molecule has 0 radical (unpaired) electrons. The van der Waals surface area contributed by atoms with Crippen LogP contribution in [-0.4, -0.2) is 33.5 Å². The Morgan fingerprint density at radius 2 is 2.14 bits per heavy atom. The van der Waals surface area contributed by atoms with Crippen molar-refractivity contribution in [3.05, 3.63) is 30.1 Å². The second kappa shape index (κ2) is 7.42. The molecule has 1 rings (SSSR count). The Kier molecular flexibility index (Phi) is 6.17. The van der Waals surface area contributed by atoms with Crippen LogP contribution in [0.2, 0.25) is 0 Å². The van der Waals surface area contributed by atoms with Crippen molar-refractivity contribution in [2.75, 3.05) is 11.1 Å². The summed E-state index contributed by atoms with van der Waals surface area (Å²) in [6.07, 6.45) is 0.191. The molecule has 0 aliphatic heterocycles. The lowest BCUT2D eigenvalue weighted by Gasteiger charge is -2.27. The van der Waals surface area contributed by atoms with E-state index in [1.165, 1.54) is 30.0 Å². The molecule has 1 aromatic carbocycles. The van der Waals surface area contributed by atoms with Crippen LogP contribution < -0.4 is 11.1 Å². The molecular weight excluding hydrogens is 295 g/mol. The van der Waals surface area contributed by atoms with Gasteiger partial charge in [-0.15, -0.1) is 0 Å². The third kappa shape index (κ3) is 5.73. The van der Waals surface area contributed by atoms with E-state index in [0.29, 0.717) is 11.4 Å². The van der Waals surface area contributed by atoms with Gasteiger partial charge >= 0.3 is 5.97 Å². The lowest BCUT2D eigenvalue weighted by atomic mass is 10.1. The molecule has 116 valence electrons. The Balaban J connectivity index is 2.42. The first-order chi connectivity index (χ1) is 9.72. The Morgan fingerprint density at radius 1 is 1.48 bits per heavy atom. The minimum Gasteiger partial charge on any atom is -0.480 e. The largest absolute Gasteiger partial charge is 0.480 e. The molecule has 0 bridgehead atoms. The van der Waals surface area contributed by atoms with Gasteiger partial charge in [0.25, 0.3) is 0 Å². The molecule has 0 unspecified atom stereocenters. The van der Waals surface area contributed by atoms with Crippen LogP contribution in [0.25, 0.3) is 0 Å². The molecule has 0 heterocycles. The number of aliphatic carboxylic acids is 1. The molecule has 7 heteroatoms. The molecule has 0 saturated carbocycles. The average Bonchev–Trinajstić information content (AvgIpc) is 2.37. The predicted octanol–water partition coefficient (Wildman–Crippen LogP) is 2.08. The summed E-state index contributed by atoms with van der Waals surface area (Å²) in [5, 5.41) is 11.5. The molecule has 0 saturated heterocycles. The van der Waals surface area contributed by atoms with Crippen LogP contribution in [0.4, 0.5) is 10.1 Å². The quantitative estimate of drug-likeness (QED) is 0.716. The van der Waals surface area contributed by atoms with Gasteiger partial charge in [-0.05, 0) is 32.0 Å². The lowest BCUT2D eigenvalue weighted by Crippen LogP contribution is -2.46. The third-order valence-corrected chi connectivity index (χ3v) is 4.33. The number of thioether (sulfide) groups is 1. The van der Waals surface area contributed by atoms with Crippen LogP contribution in [0.3, 0.4) is 0 Å². The SMILES string of the molecule is CC(C)(SCCC(=O)Nc1cccc(F)c1)[C@@H](N)C(=O)O. The first-order valence-electron chi connectivity index (χ1n) is 6.40. The monoisotopic (exact) mass is 314 g/mol. The molecule has 4 N–H and O–H groups in total. The fourth-order valence-electron chi connectivity index (χ4n) is 1.58. The number of benzene rings is 1. The average molecular weight is 314 g/mol. The van der Waals surface area contributed by atoms with Crippen LogP contribution in [-0.2, 0) is 9.59 Å². The Morgan fingerprint density at radius 3 is 2.71 bits per heavy atom. The summed E-state index contributed by atoms with van der Waals surface area (Å²) in [5.41, 5.74) is 5.98. The highest BCUT2D eigenvalue weighted by Gasteiger charge is 2.32. The molecule has 0 fully saturated rings. The first-order valence-corrected chi connectivity index (χ1v) is 7.38. The molecule has 1 aromatic rings. The number of hydrogen-bond acceptors (Lipinski definition) is 4. The van der Waals surface area contributed by atoms with Crippen molar-refractivity contribution in [1.29, 1.82) is 0 Å². The van der Waals surface area contributed by atoms with Gasteiger partial charge in [-0.1, -0.05) is 6.07 Å². The van der Waals surface area contributed by atoms with Crippen molar-refractivity contribution < 1.29 is 19.1 Å². The van der Waals surface area contributed by atoms with E-state index in [1.54, 1.807) is 19.9 Å². The van der Waals surface area contributed by atoms with Gasteiger partial charge in [-0.3, -0.25) is 9.59 Å². The zero-order valence-corrected chi connectivity index (χ0v) is 12.7. The molecule has 5 nitrogen and oxygen atoms in total. The second-order valence-corrected chi connectivity index (χ2v) is 6.83. The minimum atomic E-state index is -1.07. The summed E-state index contributed by atoms with van der Waals surface area (Å²) in [6.45, 7) is 3.45. The molecule has 0 aromatic heterocycles. The van der Waals surface area contributed by atoms with Crippen LogP contribution in [0, 0.1) is 5.82 Å². The van der Waals surface area contributed by atoms with Gasteiger partial charge in [0.1, 0.15) is 11.9 Å². The highest BCUT2D eigenvalue weighted by atomic mass is 32.2. The summed E-state index contributed by atoms with van der Waals surface area (Å²) in [4.78, 5) is 22.6. The standard InChI is InChI=1S/C14H19FN2O3S/c1-14(2,12(16)13(19)20)21-7-6-11(18)17-10-5-3-4-9(15)8-10/h3-5,8,12H,6-7,16H2,1-2H3,(H,17,18)(H,19,20)/t12-/m0/s1. The van der Waals surface area contributed by atoms with Crippen LogP contribution in [0.15, 0.2) is 24.3 Å². The van der Waals surface area contributed by atoms with Gasteiger partial charge in [0.15, 0.2) is 0 Å². The van der Waals surface area contributed by atoms with Crippen molar-refractivity contribution in [1.82, 2.24) is 0 Å². The number of carboxylic acids is 1. The number of carbonyl (C=O) groups is 2. The maximum atomic E-state index is 13.0. The van der Waals surface area contributed by atoms with E-state index in [-0.39, 0.29) is 12.3 Å². The number of anilines is 1. The van der Waals surface area contributed by atoms with Crippen molar-refractivity contribution in [2.24, 2.45) is 5.73 Å². The van der Waals surface area contributed by atoms with Gasteiger partial charge in [-0.2, -0.15) is 11.8 Å². The Bertz CT molecular complexity index is 523. The van der Waals surface area contributed by atoms with E-state index >= 15 is 0 Å². The molecule has 0 aliphatic rings. The first kappa shape index (κ1) is 17.5. The normalized spacial score (nSPS) is 12.8. The van der Waals surface area contributed by atoms with E-state index < -0.39 is 22.6 Å². The third-order valence-electron chi connectivity index (χ3n) is 2.93. The van der Waals surface area contributed by atoms with Gasteiger partial charge in [0.2, 0.25) is 5.91 Å². The Labute approximate surface area is 127 Å². The molecule has 21 heavy (non-hydrogen) atoms. The number of nitrogens with two attached hydrogens (primary N) is 1. The molecule has 0 spiro atoms.